The number of hydrogen-bond acceptors (Lipinski definition) is 8. The van der Waals surface area contributed by atoms with Crippen molar-refractivity contribution in [3.8, 4) is 0 Å². The minimum absolute atomic E-state index is 0.0460. The van der Waals surface area contributed by atoms with Crippen molar-refractivity contribution < 1.29 is 37.6 Å². The number of allylic oxidation sites excluding steroid dienone is 22. The Hall–Kier alpha value is -3.85. The van der Waals surface area contributed by atoms with Gasteiger partial charge in [-0.05, 0) is 116 Å². The van der Waals surface area contributed by atoms with E-state index in [1.165, 1.54) is 116 Å². The van der Waals surface area contributed by atoms with E-state index in [0.717, 1.165) is 122 Å². The average molecular weight is 1150 g/mol. The summed E-state index contributed by atoms with van der Waals surface area (Å²) in [6.07, 6.45) is 92.3. The van der Waals surface area contributed by atoms with Gasteiger partial charge in [0.15, 0.2) is 6.10 Å². The molecule has 0 fully saturated rings. The molecule has 0 aromatic heterocycles. The zero-order chi connectivity index (χ0) is 58.7. The Balaban J connectivity index is 3.99. The molecule has 81 heavy (non-hydrogen) atoms. The minimum Gasteiger partial charge on any atom is -0.462 e. The van der Waals surface area contributed by atoms with Crippen LogP contribution in [-0.2, 0) is 32.7 Å². The molecule has 462 valence electrons. The first-order valence-electron chi connectivity index (χ1n) is 32.7. The second kappa shape index (κ2) is 65.3. The van der Waals surface area contributed by atoms with Gasteiger partial charge in [-0.2, -0.15) is 0 Å². The molecule has 0 radical (unpaired) electrons. The molecule has 0 aromatic carbocycles. The number of phosphoric acid groups is 1. The third kappa shape index (κ3) is 65.2. The van der Waals surface area contributed by atoms with Gasteiger partial charge in [0.1, 0.15) is 6.61 Å². The van der Waals surface area contributed by atoms with Gasteiger partial charge in [-0.1, -0.05) is 276 Å². The highest BCUT2D eigenvalue weighted by Gasteiger charge is 2.26. The smallest absolute Gasteiger partial charge is 0.462 e. The normalized spacial score (nSPS) is 13.9. The Labute approximate surface area is 497 Å². The maximum atomic E-state index is 12.7. The van der Waals surface area contributed by atoms with Crippen LogP contribution in [0.4, 0.5) is 0 Å². The highest BCUT2D eigenvalue weighted by atomic mass is 31.2. The maximum Gasteiger partial charge on any atom is 0.472 e. The van der Waals surface area contributed by atoms with Crippen LogP contribution >= 0.6 is 7.82 Å². The van der Waals surface area contributed by atoms with Gasteiger partial charge in [-0.25, -0.2) is 4.57 Å². The topological polar surface area (TPSA) is 134 Å². The molecule has 0 spiro atoms. The number of phosphoric ester groups is 1. The Morgan fingerprint density at radius 2 is 0.679 bits per heavy atom. The Morgan fingerprint density at radius 3 is 1.01 bits per heavy atom. The van der Waals surface area contributed by atoms with Crippen molar-refractivity contribution in [1.29, 1.82) is 0 Å². The van der Waals surface area contributed by atoms with Gasteiger partial charge >= 0.3 is 19.8 Å². The van der Waals surface area contributed by atoms with E-state index in [-0.39, 0.29) is 38.6 Å². The van der Waals surface area contributed by atoms with Gasteiger partial charge in [0, 0.05) is 19.4 Å². The minimum atomic E-state index is -4.40. The first-order valence-corrected chi connectivity index (χ1v) is 34.2. The van der Waals surface area contributed by atoms with Crippen molar-refractivity contribution in [3.63, 3.8) is 0 Å². The standard InChI is InChI=1S/C71H120NO8P/c1-3-5-7-9-11-13-15-17-19-21-23-25-27-29-30-31-32-33-34-35-36-37-38-40-42-44-46-48-50-52-54-56-58-60-62-64-71(74)80-69(68-79-81(75,76)78-66-65-72)67-77-70(73)63-61-59-57-55-53-51-49-47-45-43-41-39-28-26-24-22-20-18-16-14-12-10-8-6-4-2/h5,7,11,13,16-19,22-25,28-30,32-33,35-36,38-40,69H,3-4,6,8-10,12,14-15,20-21,26-27,31,34,37,41-68,72H2,1-2H3,(H,75,76)/b7-5-,13-11-,18-16-,19-17-,24-22-,25-23-,30-29-,33-32-,36-35-,39-28-,40-38-. The fourth-order valence-electron chi connectivity index (χ4n) is 8.72. The van der Waals surface area contributed by atoms with E-state index in [9.17, 15) is 19.0 Å². The number of unbranched alkanes of at least 4 members (excludes halogenated alkanes) is 25. The van der Waals surface area contributed by atoms with E-state index in [1.54, 1.807) is 0 Å². The molecule has 2 atom stereocenters. The van der Waals surface area contributed by atoms with E-state index in [0.29, 0.717) is 6.42 Å². The van der Waals surface area contributed by atoms with Gasteiger partial charge in [0.2, 0.25) is 0 Å². The SMILES string of the molecule is CC/C=C\C/C=C\C/C=C\C/C=C\C/C=C\C/C=C\C/C=C\C/C=C\CCCCCCCCCCCCC(=O)OC(COC(=O)CCCCCCCCCCCC/C=C\C/C=C\C/C=C\CCCCCCC)COP(=O)(O)OCCN. The number of esters is 2. The molecule has 0 aliphatic rings. The second-order valence-corrected chi connectivity index (χ2v) is 22.7. The summed E-state index contributed by atoms with van der Waals surface area (Å²) < 4.78 is 33.1. The van der Waals surface area contributed by atoms with E-state index < -0.39 is 26.5 Å². The molecule has 0 aromatic rings. The molecule has 3 N–H and O–H groups in total. The number of nitrogens with two attached hydrogens (primary N) is 1. The summed E-state index contributed by atoms with van der Waals surface area (Å²) in [6.45, 7) is 3.61. The van der Waals surface area contributed by atoms with Crippen molar-refractivity contribution in [2.45, 2.75) is 277 Å². The molecule has 0 aliphatic carbocycles. The fraction of sp³-hybridized carbons (Fsp3) is 0.662. The van der Waals surface area contributed by atoms with Gasteiger partial charge in [-0.15, -0.1) is 0 Å². The molecular formula is C71H120NO8P. The van der Waals surface area contributed by atoms with Crippen LogP contribution in [0.2, 0.25) is 0 Å². The van der Waals surface area contributed by atoms with E-state index in [2.05, 4.69) is 148 Å². The summed E-state index contributed by atoms with van der Waals surface area (Å²) in [6, 6.07) is 0. The highest BCUT2D eigenvalue weighted by Crippen LogP contribution is 2.43. The number of carbonyl (C=O) groups excluding carboxylic acids is 2. The molecule has 0 saturated carbocycles. The van der Waals surface area contributed by atoms with E-state index in [1.807, 2.05) is 0 Å². The molecule has 10 heteroatoms. The van der Waals surface area contributed by atoms with Gasteiger partial charge in [0.05, 0.1) is 13.2 Å². The lowest BCUT2D eigenvalue weighted by atomic mass is 10.0. The van der Waals surface area contributed by atoms with Crippen LogP contribution in [0.5, 0.6) is 0 Å². The maximum absolute atomic E-state index is 12.7. The quantitative estimate of drug-likeness (QED) is 0.0264. The molecule has 0 amide bonds. The molecule has 9 nitrogen and oxygen atoms in total. The lowest BCUT2D eigenvalue weighted by Crippen LogP contribution is -2.29. The fourth-order valence-corrected chi connectivity index (χ4v) is 9.48. The molecule has 0 heterocycles. The van der Waals surface area contributed by atoms with Crippen molar-refractivity contribution >= 4 is 19.8 Å². The third-order valence-electron chi connectivity index (χ3n) is 13.5. The van der Waals surface area contributed by atoms with Crippen LogP contribution in [0, 0.1) is 0 Å². The molecule has 0 rings (SSSR count). The molecule has 2 unspecified atom stereocenters. The van der Waals surface area contributed by atoms with Crippen LogP contribution in [0.3, 0.4) is 0 Å². The van der Waals surface area contributed by atoms with Crippen molar-refractivity contribution in [3.05, 3.63) is 134 Å². The van der Waals surface area contributed by atoms with Gasteiger partial charge < -0.3 is 20.1 Å². The molecule has 0 bridgehead atoms. The summed E-state index contributed by atoms with van der Waals surface area (Å²) in [4.78, 5) is 35.3. The van der Waals surface area contributed by atoms with Crippen molar-refractivity contribution in [1.82, 2.24) is 0 Å². The lowest BCUT2D eigenvalue weighted by molar-refractivity contribution is -0.161. The predicted octanol–water partition coefficient (Wildman–Crippen LogP) is 21.3. The number of ether oxygens (including phenoxy) is 2. The Morgan fingerprint density at radius 1 is 0.383 bits per heavy atom. The summed E-state index contributed by atoms with van der Waals surface area (Å²) in [5.41, 5.74) is 5.39. The molecule has 0 aliphatic heterocycles. The summed E-state index contributed by atoms with van der Waals surface area (Å²) in [5, 5.41) is 0. The van der Waals surface area contributed by atoms with Crippen molar-refractivity contribution in [2.24, 2.45) is 5.73 Å². The summed E-state index contributed by atoms with van der Waals surface area (Å²) in [5.74, 6) is -0.840. The number of hydrogen-bond donors (Lipinski definition) is 2. The highest BCUT2D eigenvalue weighted by molar-refractivity contribution is 7.47. The second-order valence-electron chi connectivity index (χ2n) is 21.2. The first-order chi connectivity index (χ1) is 39.8. The Bertz CT molecular complexity index is 1790. The van der Waals surface area contributed by atoms with Crippen LogP contribution in [0.25, 0.3) is 0 Å². The Kier molecular flexibility index (Phi) is 62.2. The van der Waals surface area contributed by atoms with Crippen LogP contribution in [0.15, 0.2) is 134 Å². The number of carbonyl (C=O) groups is 2. The van der Waals surface area contributed by atoms with Gasteiger partial charge in [0.25, 0.3) is 0 Å². The summed E-state index contributed by atoms with van der Waals surface area (Å²) >= 11 is 0. The largest absolute Gasteiger partial charge is 0.472 e. The van der Waals surface area contributed by atoms with Crippen LogP contribution < -0.4 is 5.73 Å². The monoisotopic (exact) mass is 1150 g/mol. The lowest BCUT2D eigenvalue weighted by Gasteiger charge is -2.19. The summed E-state index contributed by atoms with van der Waals surface area (Å²) in [7, 11) is -4.40. The van der Waals surface area contributed by atoms with Gasteiger partial charge in [-0.3, -0.25) is 18.6 Å². The molecule has 0 saturated heterocycles. The van der Waals surface area contributed by atoms with Crippen molar-refractivity contribution in [2.75, 3.05) is 26.4 Å². The van der Waals surface area contributed by atoms with E-state index >= 15 is 0 Å². The number of rotatable bonds is 60. The van der Waals surface area contributed by atoms with Crippen LogP contribution in [-0.4, -0.2) is 49.3 Å². The first kappa shape index (κ1) is 77.2. The molecular weight excluding hydrogens is 1030 g/mol. The zero-order valence-electron chi connectivity index (χ0n) is 51.7. The zero-order valence-corrected chi connectivity index (χ0v) is 52.6. The third-order valence-corrected chi connectivity index (χ3v) is 14.5. The predicted molar refractivity (Wildman–Crippen MR) is 348 cm³/mol. The van der Waals surface area contributed by atoms with Crippen LogP contribution in [0.1, 0.15) is 271 Å². The van der Waals surface area contributed by atoms with E-state index in [4.69, 9.17) is 24.3 Å². The average Bonchev–Trinajstić information content (AvgIpc) is 3.46.